The van der Waals surface area contributed by atoms with Crippen molar-refractivity contribution in [3.8, 4) is 5.75 Å². The summed E-state index contributed by atoms with van der Waals surface area (Å²) in [5.74, 6) is 0.991. The summed E-state index contributed by atoms with van der Waals surface area (Å²) < 4.78 is 5.75. The standard InChI is InChI=1S/C15H24N2O/c1-5-18-14-9-7-6-8-13(14)17-11-12(16-4)10-15(17,2)3/h6-9,12,16H,5,10-11H2,1-4H3. The van der Waals surface area contributed by atoms with Crippen LogP contribution >= 0.6 is 0 Å². The lowest BCUT2D eigenvalue weighted by molar-refractivity contribution is 0.338. The van der Waals surface area contributed by atoms with Gasteiger partial charge in [-0.3, -0.25) is 0 Å². The maximum atomic E-state index is 5.75. The average Bonchev–Trinajstić information content (AvgIpc) is 2.66. The molecular formula is C15H24N2O. The highest BCUT2D eigenvalue weighted by Gasteiger charge is 2.38. The number of rotatable bonds is 4. The maximum absolute atomic E-state index is 5.75. The fourth-order valence-corrected chi connectivity index (χ4v) is 2.82. The lowest BCUT2D eigenvalue weighted by Gasteiger charge is -2.34. The molecule has 1 aliphatic heterocycles. The summed E-state index contributed by atoms with van der Waals surface area (Å²) in [4.78, 5) is 2.46. The van der Waals surface area contributed by atoms with Crippen molar-refractivity contribution in [2.24, 2.45) is 0 Å². The molecule has 1 heterocycles. The van der Waals surface area contributed by atoms with Crippen molar-refractivity contribution in [1.82, 2.24) is 5.32 Å². The van der Waals surface area contributed by atoms with Crippen LogP contribution in [0.15, 0.2) is 24.3 Å². The van der Waals surface area contributed by atoms with Crippen molar-refractivity contribution in [1.29, 1.82) is 0 Å². The lowest BCUT2D eigenvalue weighted by atomic mass is 10.00. The Morgan fingerprint density at radius 1 is 1.39 bits per heavy atom. The van der Waals surface area contributed by atoms with Crippen molar-refractivity contribution < 1.29 is 4.74 Å². The molecule has 1 aliphatic rings. The number of para-hydroxylation sites is 2. The normalized spacial score (nSPS) is 22.2. The van der Waals surface area contributed by atoms with Crippen LogP contribution in [-0.2, 0) is 0 Å². The van der Waals surface area contributed by atoms with Gasteiger partial charge in [0.15, 0.2) is 0 Å². The first-order valence-electron chi connectivity index (χ1n) is 6.75. The van der Waals surface area contributed by atoms with Gasteiger partial charge in [-0.05, 0) is 46.4 Å². The van der Waals surface area contributed by atoms with Crippen LogP contribution in [0.2, 0.25) is 0 Å². The molecule has 0 spiro atoms. The van der Waals surface area contributed by atoms with E-state index in [1.165, 1.54) is 5.69 Å². The lowest BCUT2D eigenvalue weighted by Crippen LogP contribution is -2.38. The third kappa shape index (κ3) is 2.46. The second kappa shape index (κ2) is 5.19. The third-order valence-electron chi connectivity index (χ3n) is 3.74. The highest BCUT2D eigenvalue weighted by atomic mass is 16.5. The van der Waals surface area contributed by atoms with Crippen LogP contribution in [0.1, 0.15) is 27.2 Å². The Morgan fingerprint density at radius 2 is 2.11 bits per heavy atom. The number of ether oxygens (including phenoxy) is 1. The van der Waals surface area contributed by atoms with Gasteiger partial charge in [0.05, 0.1) is 12.3 Å². The van der Waals surface area contributed by atoms with Gasteiger partial charge in [0.2, 0.25) is 0 Å². The molecule has 100 valence electrons. The molecule has 0 saturated carbocycles. The van der Waals surface area contributed by atoms with Gasteiger partial charge in [0.1, 0.15) is 5.75 Å². The molecule has 0 amide bonds. The molecule has 0 aliphatic carbocycles. The van der Waals surface area contributed by atoms with Crippen LogP contribution in [0.5, 0.6) is 5.75 Å². The molecule has 2 rings (SSSR count). The van der Waals surface area contributed by atoms with Crippen molar-refractivity contribution in [2.75, 3.05) is 25.1 Å². The molecule has 3 heteroatoms. The fraction of sp³-hybridized carbons (Fsp3) is 0.600. The number of benzene rings is 1. The van der Waals surface area contributed by atoms with Crippen LogP contribution in [0, 0.1) is 0 Å². The van der Waals surface area contributed by atoms with Gasteiger partial charge in [-0.25, -0.2) is 0 Å². The van der Waals surface area contributed by atoms with Crippen molar-refractivity contribution in [3.63, 3.8) is 0 Å². The first kappa shape index (κ1) is 13.2. The van der Waals surface area contributed by atoms with Gasteiger partial charge in [0.25, 0.3) is 0 Å². The smallest absolute Gasteiger partial charge is 0.142 e. The van der Waals surface area contributed by atoms with Crippen LogP contribution in [0.3, 0.4) is 0 Å². The number of anilines is 1. The van der Waals surface area contributed by atoms with Gasteiger partial charge in [-0.2, -0.15) is 0 Å². The molecule has 1 N–H and O–H groups in total. The summed E-state index contributed by atoms with van der Waals surface area (Å²) in [7, 11) is 2.04. The van der Waals surface area contributed by atoms with E-state index in [0.29, 0.717) is 12.6 Å². The summed E-state index contributed by atoms with van der Waals surface area (Å²) in [5, 5.41) is 3.39. The van der Waals surface area contributed by atoms with Crippen molar-refractivity contribution >= 4 is 5.69 Å². The Kier molecular flexibility index (Phi) is 3.81. The molecular weight excluding hydrogens is 224 g/mol. The number of hydrogen-bond acceptors (Lipinski definition) is 3. The molecule has 0 bridgehead atoms. The molecule has 1 aromatic rings. The zero-order chi connectivity index (χ0) is 13.2. The summed E-state index contributed by atoms with van der Waals surface area (Å²) in [6.45, 7) is 8.37. The van der Waals surface area contributed by atoms with Crippen LogP contribution in [-0.4, -0.2) is 31.8 Å². The number of likely N-dealkylation sites (N-methyl/N-ethyl adjacent to an activating group) is 1. The number of nitrogens with zero attached hydrogens (tertiary/aromatic N) is 1. The summed E-state index contributed by atoms with van der Waals surface area (Å²) in [5.41, 5.74) is 1.38. The van der Waals surface area contributed by atoms with Gasteiger partial charge < -0.3 is 15.0 Å². The van der Waals surface area contributed by atoms with Crippen LogP contribution in [0.4, 0.5) is 5.69 Å². The van der Waals surface area contributed by atoms with E-state index >= 15 is 0 Å². The highest BCUT2D eigenvalue weighted by molar-refractivity contribution is 5.61. The monoisotopic (exact) mass is 248 g/mol. The topological polar surface area (TPSA) is 24.5 Å². The average molecular weight is 248 g/mol. The Bertz CT molecular complexity index is 403. The summed E-state index contributed by atoms with van der Waals surface area (Å²) >= 11 is 0. The molecule has 18 heavy (non-hydrogen) atoms. The highest BCUT2D eigenvalue weighted by Crippen LogP contribution is 2.38. The number of hydrogen-bond donors (Lipinski definition) is 1. The Hall–Kier alpha value is -1.22. The van der Waals surface area contributed by atoms with E-state index in [0.717, 1.165) is 18.7 Å². The zero-order valence-corrected chi connectivity index (χ0v) is 11.9. The van der Waals surface area contributed by atoms with E-state index in [2.05, 4.69) is 42.3 Å². The minimum absolute atomic E-state index is 0.168. The van der Waals surface area contributed by atoms with Gasteiger partial charge in [-0.1, -0.05) is 12.1 Å². The van der Waals surface area contributed by atoms with E-state index in [4.69, 9.17) is 4.74 Å². The third-order valence-corrected chi connectivity index (χ3v) is 3.74. The van der Waals surface area contributed by atoms with E-state index < -0.39 is 0 Å². The van der Waals surface area contributed by atoms with Gasteiger partial charge >= 0.3 is 0 Å². The fourth-order valence-electron chi connectivity index (χ4n) is 2.82. The van der Waals surface area contributed by atoms with Gasteiger partial charge in [0, 0.05) is 18.1 Å². The Balaban J connectivity index is 2.30. The summed E-state index contributed by atoms with van der Waals surface area (Å²) in [6.07, 6.45) is 1.16. The molecule has 0 radical (unpaired) electrons. The summed E-state index contributed by atoms with van der Waals surface area (Å²) in [6, 6.07) is 8.88. The van der Waals surface area contributed by atoms with E-state index in [1.54, 1.807) is 0 Å². The SMILES string of the molecule is CCOc1ccccc1N1CC(NC)CC1(C)C. The van der Waals surface area contributed by atoms with Crippen molar-refractivity contribution in [2.45, 2.75) is 38.8 Å². The molecule has 1 unspecified atom stereocenters. The van der Waals surface area contributed by atoms with E-state index in [1.807, 2.05) is 20.0 Å². The molecule has 1 atom stereocenters. The molecule has 1 fully saturated rings. The maximum Gasteiger partial charge on any atom is 0.142 e. The Labute approximate surface area is 110 Å². The molecule has 1 saturated heterocycles. The van der Waals surface area contributed by atoms with E-state index in [9.17, 15) is 0 Å². The first-order valence-corrected chi connectivity index (χ1v) is 6.75. The second-order valence-electron chi connectivity index (χ2n) is 5.51. The van der Waals surface area contributed by atoms with E-state index in [-0.39, 0.29) is 5.54 Å². The van der Waals surface area contributed by atoms with Gasteiger partial charge in [-0.15, -0.1) is 0 Å². The van der Waals surface area contributed by atoms with Crippen molar-refractivity contribution in [3.05, 3.63) is 24.3 Å². The molecule has 0 aromatic heterocycles. The van der Waals surface area contributed by atoms with Crippen LogP contribution < -0.4 is 15.0 Å². The predicted molar refractivity (Wildman–Crippen MR) is 76.5 cm³/mol. The largest absolute Gasteiger partial charge is 0.492 e. The first-order chi connectivity index (χ1) is 8.58. The Morgan fingerprint density at radius 3 is 2.72 bits per heavy atom. The molecule has 1 aromatic carbocycles. The van der Waals surface area contributed by atoms with Crippen LogP contribution in [0.25, 0.3) is 0 Å². The second-order valence-corrected chi connectivity index (χ2v) is 5.51. The minimum Gasteiger partial charge on any atom is -0.492 e. The zero-order valence-electron chi connectivity index (χ0n) is 11.9. The molecule has 3 nitrogen and oxygen atoms in total. The number of nitrogens with one attached hydrogen (secondary N) is 1. The predicted octanol–water partition coefficient (Wildman–Crippen LogP) is 2.66. The minimum atomic E-state index is 0.168. The quantitative estimate of drug-likeness (QED) is 0.886.